The number of hydrogen-bond acceptors (Lipinski definition) is 3. The molecule has 0 spiro atoms. The van der Waals surface area contributed by atoms with Gasteiger partial charge in [0.25, 0.3) is 0 Å². The van der Waals surface area contributed by atoms with Crippen molar-refractivity contribution < 1.29 is 13.2 Å². The number of thioether (sulfide) groups is 1. The molecule has 1 fully saturated rings. The molecular weight excluding hydrogens is 371 g/mol. The second kappa shape index (κ2) is 9.13. The highest BCUT2D eigenvalue weighted by Gasteiger charge is 2.30. The second-order valence-electron chi connectivity index (χ2n) is 7.17. The van der Waals surface area contributed by atoms with Crippen molar-refractivity contribution in [2.75, 3.05) is 0 Å². The number of aromatic nitrogens is 3. The molecule has 3 rings (SSSR count). The number of benzene rings is 1. The fourth-order valence-electron chi connectivity index (χ4n) is 3.72. The maximum absolute atomic E-state index is 12.9. The predicted molar refractivity (Wildman–Crippen MR) is 102 cm³/mol. The van der Waals surface area contributed by atoms with Gasteiger partial charge < -0.3 is 4.57 Å². The molecule has 0 saturated heterocycles. The number of alkyl halides is 3. The zero-order chi connectivity index (χ0) is 19.3. The standard InChI is InChI=1S/C20H26F3N3S/c1-2-26-18(12-11-15-7-4-3-5-8-15)24-25-19(26)27-14-16-9-6-10-17(13-16)20(21,22)23/h6,9-10,13,15H,2-5,7-8,11-12,14H2,1H3. The van der Waals surface area contributed by atoms with E-state index >= 15 is 0 Å². The van der Waals surface area contributed by atoms with E-state index in [0.29, 0.717) is 11.3 Å². The summed E-state index contributed by atoms with van der Waals surface area (Å²) >= 11 is 1.45. The van der Waals surface area contributed by atoms with Gasteiger partial charge in [-0.25, -0.2) is 0 Å². The molecule has 3 nitrogen and oxygen atoms in total. The van der Waals surface area contributed by atoms with Gasteiger partial charge in [0.2, 0.25) is 0 Å². The summed E-state index contributed by atoms with van der Waals surface area (Å²) in [5.74, 6) is 2.24. The fourth-order valence-corrected chi connectivity index (χ4v) is 4.69. The average Bonchev–Trinajstić information content (AvgIpc) is 3.07. The van der Waals surface area contributed by atoms with Crippen LogP contribution in [0.15, 0.2) is 29.4 Å². The van der Waals surface area contributed by atoms with Crippen molar-refractivity contribution in [3.05, 3.63) is 41.2 Å². The zero-order valence-electron chi connectivity index (χ0n) is 15.6. The molecule has 0 aliphatic heterocycles. The molecule has 1 aliphatic carbocycles. The summed E-state index contributed by atoms with van der Waals surface area (Å²) in [5, 5.41) is 9.43. The molecule has 148 valence electrons. The molecule has 0 radical (unpaired) electrons. The Morgan fingerprint density at radius 2 is 1.93 bits per heavy atom. The van der Waals surface area contributed by atoms with Crippen LogP contribution in [0.2, 0.25) is 0 Å². The average molecular weight is 398 g/mol. The summed E-state index contributed by atoms with van der Waals surface area (Å²) in [6.45, 7) is 2.83. The maximum Gasteiger partial charge on any atom is 0.416 e. The van der Waals surface area contributed by atoms with Gasteiger partial charge in [-0.2, -0.15) is 13.2 Å². The van der Waals surface area contributed by atoms with Crippen molar-refractivity contribution in [3.63, 3.8) is 0 Å². The third-order valence-corrected chi connectivity index (χ3v) is 6.27. The number of nitrogens with zero attached hydrogens (tertiary/aromatic N) is 3. The lowest BCUT2D eigenvalue weighted by Gasteiger charge is -2.21. The van der Waals surface area contributed by atoms with Gasteiger partial charge in [-0.05, 0) is 30.9 Å². The van der Waals surface area contributed by atoms with Crippen molar-refractivity contribution in [1.29, 1.82) is 0 Å². The lowest BCUT2D eigenvalue weighted by atomic mass is 9.86. The van der Waals surface area contributed by atoms with Gasteiger partial charge in [0.05, 0.1) is 5.56 Å². The Balaban J connectivity index is 1.61. The molecule has 0 atom stereocenters. The third-order valence-electron chi connectivity index (χ3n) is 5.23. The van der Waals surface area contributed by atoms with Crippen molar-refractivity contribution >= 4 is 11.8 Å². The first-order chi connectivity index (χ1) is 13.0. The highest BCUT2D eigenvalue weighted by Crippen LogP contribution is 2.31. The van der Waals surface area contributed by atoms with Crippen LogP contribution < -0.4 is 0 Å². The minimum atomic E-state index is -4.31. The fraction of sp³-hybridized carbons (Fsp3) is 0.600. The van der Waals surface area contributed by atoms with E-state index in [4.69, 9.17) is 0 Å². The molecule has 0 unspecified atom stereocenters. The number of rotatable bonds is 7. The number of aryl methyl sites for hydroxylation is 1. The van der Waals surface area contributed by atoms with Crippen LogP contribution in [0.1, 0.15) is 62.4 Å². The van der Waals surface area contributed by atoms with E-state index in [1.54, 1.807) is 6.07 Å². The van der Waals surface area contributed by atoms with Crippen LogP contribution in [0.4, 0.5) is 13.2 Å². The van der Waals surface area contributed by atoms with Crippen LogP contribution in [0.5, 0.6) is 0 Å². The molecule has 1 aromatic heterocycles. The first-order valence-electron chi connectivity index (χ1n) is 9.68. The van der Waals surface area contributed by atoms with Gasteiger partial charge in [0.15, 0.2) is 5.16 Å². The quantitative estimate of drug-likeness (QED) is 0.527. The van der Waals surface area contributed by atoms with Crippen LogP contribution in [0.25, 0.3) is 0 Å². The summed E-state index contributed by atoms with van der Waals surface area (Å²) in [7, 11) is 0. The molecule has 2 aromatic rings. The Kier molecular flexibility index (Phi) is 6.84. The summed E-state index contributed by atoms with van der Waals surface area (Å²) in [6, 6.07) is 5.49. The van der Waals surface area contributed by atoms with Crippen LogP contribution in [0, 0.1) is 5.92 Å². The van der Waals surface area contributed by atoms with Gasteiger partial charge >= 0.3 is 6.18 Å². The molecule has 1 aromatic carbocycles. The first kappa shape index (κ1) is 20.2. The summed E-state index contributed by atoms with van der Waals surface area (Å²) in [5.41, 5.74) is 0.0370. The van der Waals surface area contributed by atoms with Crippen LogP contribution in [-0.4, -0.2) is 14.8 Å². The van der Waals surface area contributed by atoms with E-state index in [9.17, 15) is 13.2 Å². The molecule has 0 N–H and O–H groups in total. The van der Waals surface area contributed by atoms with Gasteiger partial charge in [-0.15, -0.1) is 10.2 Å². The van der Waals surface area contributed by atoms with Crippen molar-refractivity contribution in [2.45, 2.75) is 75.5 Å². The SMILES string of the molecule is CCn1c(CCC2CCCCC2)nnc1SCc1cccc(C(F)(F)F)c1. The van der Waals surface area contributed by atoms with E-state index in [2.05, 4.69) is 21.7 Å². The predicted octanol–water partition coefficient (Wildman–Crippen LogP) is 6.12. The molecular formula is C20H26F3N3S. The van der Waals surface area contributed by atoms with Crippen molar-refractivity contribution in [3.8, 4) is 0 Å². The van der Waals surface area contributed by atoms with Crippen molar-refractivity contribution in [1.82, 2.24) is 14.8 Å². The second-order valence-corrected chi connectivity index (χ2v) is 8.12. The molecule has 0 amide bonds. The van der Waals surface area contributed by atoms with E-state index in [0.717, 1.165) is 42.4 Å². The molecule has 1 heterocycles. The van der Waals surface area contributed by atoms with Crippen LogP contribution in [-0.2, 0) is 24.9 Å². The van der Waals surface area contributed by atoms with Crippen LogP contribution >= 0.6 is 11.8 Å². The first-order valence-corrected chi connectivity index (χ1v) is 10.7. The lowest BCUT2D eigenvalue weighted by Crippen LogP contribution is -2.10. The van der Waals surface area contributed by atoms with Crippen LogP contribution in [0.3, 0.4) is 0 Å². The van der Waals surface area contributed by atoms with E-state index in [-0.39, 0.29) is 0 Å². The van der Waals surface area contributed by atoms with E-state index in [1.807, 2.05) is 0 Å². The van der Waals surface area contributed by atoms with Crippen molar-refractivity contribution in [2.24, 2.45) is 5.92 Å². The Morgan fingerprint density at radius 3 is 2.63 bits per heavy atom. The summed E-state index contributed by atoms with van der Waals surface area (Å²) < 4.78 is 40.7. The van der Waals surface area contributed by atoms with E-state index in [1.165, 1.54) is 56.0 Å². The van der Waals surface area contributed by atoms with Gasteiger partial charge in [0.1, 0.15) is 5.82 Å². The molecule has 1 aliphatic rings. The highest BCUT2D eigenvalue weighted by atomic mass is 32.2. The topological polar surface area (TPSA) is 30.7 Å². The number of halogens is 3. The third kappa shape index (κ3) is 5.50. The molecule has 1 saturated carbocycles. The summed E-state index contributed by atoms with van der Waals surface area (Å²) in [6.07, 6.45) is 4.43. The monoisotopic (exact) mass is 397 g/mol. The van der Waals surface area contributed by atoms with Gasteiger partial charge in [-0.1, -0.05) is 62.1 Å². The molecule has 7 heteroatoms. The highest BCUT2D eigenvalue weighted by molar-refractivity contribution is 7.98. The Morgan fingerprint density at radius 1 is 1.15 bits per heavy atom. The zero-order valence-corrected chi connectivity index (χ0v) is 16.5. The minimum Gasteiger partial charge on any atom is -0.306 e. The van der Waals surface area contributed by atoms with Gasteiger partial charge in [-0.3, -0.25) is 0 Å². The number of hydrogen-bond donors (Lipinski definition) is 0. The maximum atomic E-state index is 12.9. The smallest absolute Gasteiger partial charge is 0.306 e. The van der Waals surface area contributed by atoms with Gasteiger partial charge in [0, 0.05) is 18.7 Å². The minimum absolute atomic E-state index is 0.449. The summed E-state index contributed by atoms with van der Waals surface area (Å²) in [4.78, 5) is 0. The molecule has 27 heavy (non-hydrogen) atoms. The van der Waals surface area contributed by atoms with E-state index < -0.39 is 11.7 Å². The Bertz CT molecular complexity index is 736. The Hall–Kier alpha value is -1.50. The lowest BCUT2D eigenvalue weighted by molar-refractivity contribution is -0.137. The Labute approximate surface area is 162 Å². The largest absolute Gasteiger partial charge is 0.416 e. The molecule has 0 bridgehead atoms. The normalized spacial score (nSPS) is 16.0.